The van der Waals surface area contributed by atoms with Gasteiger partial charge in [0.05, 0.1) is 27.6 Å². The number of carbonyl (C=O) groups is 1. The highest BCUT2D eigenvalue weighted by atomic mass is 35.5. The van der Waals surface area contributed by atoms with Crippen LogP contribution in [0.2, 0.25) is 10.0 Å². The first-order valence-corrected chi connectivity index (χ1v) is 7.00. The normalized spacial score (nSPS) is 10.6. The number of halogens is 2. The molecule has 0 N–H and O–H groups in total. The highest BCUT2D eigenvalue weighted by Crippen LogP contribution is 2.28. The Kier molecular flexibility index (Phi) is 3.78. The molecule has 0 unspecified atom stereocenters. The molecular formula is C16H10Cl2N2O. The SMILES string of the molecule is O=C(c1ccccc1-n1ccnc1)c1c(Cl)cccc1Cl. The number of imidazole rings is 1. The van der Waals surface area contributed by atoms with E-state index >= 15 is 0 Å². The minimum absolute atomic E-state index is 0.213. The second-order valence-corrected chi connectivity index (χ2v) is 5.23. The Morgan fingerprint density at radius 3 is 2.38 bits per heavy atom. The fraction of sp³-hybridized carbons (Fsp3) is 0. The molecule has 0 amide bonds. The standard InChI is InChI=1S/C16H10Cl2N2O/c17-12-5-3-6-13(18)15(12)16(21)11-4-1-2-7-14(11)20-9-8-19-10-20/h1-10H. The highest BCUT2D eigenvalue weighted by molar-refractivity contribution is 6.41. The zero-order chi connectivity index (χ0) is 14.8. The fourth-order valence-corrected chi connectivity index (χ4v) is 2.71. The van der Waals surface area contributed by atoms with E-state index in [4.69, 9.17) is 23.2 Å². The van der Waals surface area contributed by atoms with Crippen LogP contribution in [0.4, 0.5) is 0 Å². The summed E-state index contributed by atoms with van der Waals surface area (Å²) in [5.74, 6) is -0.213. The van der Waals surface area contributed by atoms with Crippen LogP contribution in [0.25, 0.3) is 5.69 Å². The molecule has 0 radical (unpaired) electrons. The molecule has 3 aromatic rings. The number of hydrogen-bond donors (Lipinski definition) is 0. The lowest BCUT2D eigenvalue weighted by molar-refractivity contribution is 0.103. The maximum atomic E-state index is 12.8. The van der Waals surface area contributed by atoms with Crippen LogP contribution in [0.15, 0.2) is 61.2 Å². The Hall–Kier alpha value is -2.10. The molecule has 0 bridgehead atoms. The highest BCUT2D eigenvalue weighted by Gasteiger charge is 2.19. The second kappa shape index (κ2) is 5.72. The van der Waals surface area contributed by atoms with Gasteiger partial charge in [-0.25, -0.2) is 4.98 Å². The molecule has 0 saturated carbocycles. The largest absolute Gasteiger partial charge is 0.306 e. The van der Waals surface area contributed by atoms with E-state index in [9.17, 15) is 4.79 Å². The smallest absolute Gasteiger partial charge is 0.198 e. The minimum Gasteiger partial charge on any atom is -0.306 e. The van der Waals surface area contributed by atoms with E-state index in [0.717, 1.165) is 5.69 Å². The van der Waals surface area contributed by atoms with E-state index in [-0.39, 0.29) is 5.78 Å². The van der Waals surface area contributed by atoms with Crippen molar-refractivity contribution in [3.8, 4) is 5.69 Å². The summed E-state index contributed by atoms with van der Waals surface area (Å²) in [5, 5.41) is 0.681. The van der Waals surface area contributed by atoms with Gasteiger partial charge in [-0.15, -0.1) is 0 Å². The van der Waals surface area contributed by atoms with Crippen molar-refractivity contribution in [3.63, 3.8) is 0 Å². The van der Waals surface area contributed by atoms with Crippen molar-refractivity contribution in [1.82, 2.24) is 9.55 Å². The summed E-state index contributed by atoms with van der Waals surface area (Å²) in [4.78, 5) is 16.8. The van der Waals surface area contributed by atoms with Crippen LogP contribution in [-0.2, 0) is 0 Å². The predicted molar refractivity (Wildman–Crippen MR) is 83.5 cm³/mol. The number of aromatic nitrogens is 2. The van der Waals surface area contributed by atoms with Gasteiger partial charge in [0, 0.05) is 18.0 Å². The van der Waals surface area contributed by atoms with Crippen LogP contribution in [0, 0.1) is 0 Å². The predicted octanol–water partition coefficient (Wildman–Crippen LogP) is 4.41. The van der Waals surface area contributed by atoms with Gasteiger partial charge in [0.1, 0.15) is 0 Å². The number of benzene rings is 2. The third kappa shape index (κ3) is 2.58. The Morgan fingerprint density at radius 2 is 1.71 bits per heavy atom. The first kappa shape index (κ1) is 13.9. The summed E-state index contributed by atoms with van der Waals surface area (Å²) >= 11 is 12.3. The summed E-state index contributed by atoms with van der Waals surface area (Å²) in [6.45, 7) is 0. The first-order chi connectivity index (χ1) is 10.2. The number of hydrogen-bond acceptors (Lipinski definition) is 2. The van der Waals surface area contributed by atoms with Crippen molar-refractivity contribution in [2.24, 2.45) is 0 Å². The molecule has 0 fully saturated rings. The van der Waals surface area contributed by atoms with Gasteiger partial charge in [0.2, 0.25) is 0 Å². The third-order valence-electron chi connectivity index (χ3n) is 3.12. The van der Waals surface area contributed by atoms with E-state index in [1.165, 1.54) is 0 Å². The number of carbonyl (C=O) groups excluding carboxylic acids is 1. The quantitative estimate of drug-likeness (QED) is 0.671. The molecule has 3 nitrogen and oxygen atoms in total. The minimum atomic E-state index is -0.213. The average Bonchev–Trinajstić information content (AvgIpc) is 3.01. The lowest BCUT2D eigenvalue weighted by atomic mass is 10.0. The zero-order valence-electron chi connectivity index (χ0n) is 10.8. The molecule has 2 aromatic carbocycles. The fourth-order valence-electron chi connectivity index (χ4n) is 2.14. The van der Waals surface area contributed by atoms with E-state index < -0.39 is 0 Å². The Labute approximate surface area is 131 Å². The number of para-hydroxylation sites is 1. The summed E-state index contributed by atoms with van der Waals surface area (Å²) in [5.41, 5.74) is 1.56. The number of ketones is 1. The average molecular weight is 317 g/mol. The third-order valence-corrected chi connectivity index (χ3v) is 3.75. The maximum absolute atomic E-state index is 12.8. The monoisotopic (exact) mass is 316 g/mol. The van der Waals surface area contributed by atoms with E-state index in [2.05, 4.69) is 4.98 Å². The van der Waals surface area contributed by atoms with Crippen LogP contribution in [0.1, 0.15) is 15.9 Å². The van der Waals surface area contributed by atoms with Gasteiger partial charge in [0.25, 0.3) is 0 Å². The van der Waals surface area contributed by atoms with Crippen molar-refractivity contribution < 1.29 is 4.79 Å². The summed E-state index contributed by atoms with van der Waals surface area (Å²) < 4.78 is 1.78. The van der Waals surface area contributed by atoms with Crippen molar-refractivity contribution in [2.45, 2.75) is 0 Å². The molecule has 0 aliphatic carbocycles. The molecule has 0 aliphatic rings. The Morgan fingerprint density at radius 1 is 1.00 bits per heavy atom. The van der Waals surface area contributed by atoms with E-state index in [1.807, 2.05) is 12.1 Å². The van der Waals surface area contributed by atoms with Gasteiger partial charge >= 0.3 is 0 Å². The van der Waals surface area contributed by atoms with Crippen LogP contribution in [0.5, 0.6) is 0 Å². The molecular weight excluding hydrogens is 307 g/mol. The lowest BCUT2D eigenvalue weighted by Crippen LogP contribution is -2.08. The van der Waals surface area contributed by atoms with Gasteiger partial charge < -0.3 is 4.57 Å². The zero-order valence-corrected chi connectivity index (χ0v) is 12.3. The number of rotatable bonds is 3. The molecule has 0 aliphatic heterocycles. The van der Waals surface area contributed by atoms with Gasteiger partial charge in [-0.1, -0.05) is 41.4 Å². The summed E-state index contributed by atoms with van der Waals surface area (Å²) in [6.07, 6.45) is 5.07. The lowest BCUT2D eigenvalue weighted by Gasteiger charge is -2.11. The Bertz CT molecular complexity index is 778. The van der Waals surface area contributed by atoms with Gasteiger partial charge in [-0.3, -0.25) is 4.79 Å². The van der Waals surface area contributed by atoms with Crippen molar-refractivity contribution in [1.29, 1.82) is 0 Å². The summed E-state index contributed by atoms with van der Waals surface area (Å²) in [6, 6.07) is 12.3. The van der Waals surface area contributed by atoms with Crippen molar-refractivity contribution in [2.75, 3.05) is 0 Å². The van der Waals surface area contributed by atoms with Crippen LogP contribution < -0.4 is 0 Å². The molecule has 21 heavy (non-hydrogen) atoms. The Balaban J connectivity index is 2.16. The molecule has 5 heteroatoms. The molecule has 0 spiro atoms. The summed E-state index contributed by atoms with van der Waals surface area (Å²) in [7, 11) is 0. The molecule has 1 aromatic heterocycles. The van der Waals surface area contributed by atoms with E-state index in [1.54, 1.807) is 53.6 Å². The second-order valence-electron chi connectivity index (χ2n) is 4.41. The molecule has 3 rings (SSSR count). The first-order valence-electron chi connectivity index (χ1n) is 6.24. The topological polar surface area (TPSA) is 34.9 Å². The van der Waals surface area contributed by atoms with Crippen LogP contribution >= 0.6 is 23.2 Å². The molecule has 104 valence electrons. The van der Waals surface area contributed by atoms with E-state index in [0.29, 0.717) is 21.2 Å². The van der Waals surface area contributed by atoms with Gasteiger partial charge in [0.15, 0.2) is 5.78 Å². The molecule has 0 atom stereocenters. The number of nitrogens with zero attached hydrogens (tertiary/aromatic N) is 2. The van der Waals surface area contributed by atoms with Crippen molar-refractivity contribution in [3.05, 3.63) is 82.4 Å². The van der Waals surface area contributed by atoms with Crippen molar-refractivity contribution >= 4 is 29.0 Å². The van der Waals surface area contributed by atoms with Gasteiger partial charge in [-0.2, -0.15) is 0 Å². The van der Waals surface area contributed by atoms with Crippen LogP contribution in [0.3, 0.4) is 0 Å². The van der Waals surface area contributed by atoms with Crippen LogP contribution in [-0.4, -0.2) is 15.3 Å². The molecule has 0 saturated heterocycles. The maximum Gasteiger partial charge on any atom is 0.198 e. The van der Waals surface area contributed by atoms with Gasteiger partial charge in [-0.05, 0) is 24.3 Å². The molecule has 1 heterocycles.